The average molecular weight is 345 g/mol. The first-order chi connectivity index (χ1) is 12.0. The third kappa shape index (κ3) is 3.45. The maximum atomic E-state index is 12.7. The van der Waals surface area contributed by atoms with Crippen LogP contribution in [-0.2, 0) is 12.8 Å². The van der Waals surface area contributed by atoms with Crippen LogP contribution in [0, 0.1) is 0 Å². The van der Waals surface area contributed by atoms with Gasteiger partial charge in [0.15, 0.2) is 5.76 Å². The number of amides is 1. The Hall–Kier alpha value is -2.57. The minimum atomic E-state index is -0.977. The molecule has 1 amide bonds. The second-order valence-electron chi connectivity index (χ2n) is 6.30. The number of furan rings is 1. The van der Waals surface area contributed by atoms with Crippen LogP contribution < -0.4 is 0 Å². The van der Waals surface area contributed by atoms with Gasteiger partial charge in [-0.25, -0.2) is 4.79 Å². The summed E-state index contributed by atoms with van der Waals surface area (Å²) in [6.45, 7) is 5.29. The highest BCUT2D eigenvalue weighted by atomic mass is 16.4. The van der Waals surface area contributed by atoms with E-state index in [2.05, 4.69) is 12.0 Å². The van der Waals surface area contributed by atoms with Gasteiger partial charge >= 0.3 is 5.97 Å². The summed E-state index contributed by atoms with van der Waals surface area (Å²) in [6.07, 6.45) is 6.04. The zero-order valence-corrected chi connectivity index (χ0v) is 14.6. The third-order valence-corrected chi connectivity index (χ3v) is 4.78. The van der Waals surface area contributed by atoms with Crippen molar-refractivity contribution in [1.29, 1.82) is 0 Å². The topological polar surface area (TPSA) is 88.6 Å². The maximum Gasteiger partial charge on any atom is 0.338 e. The summed E-state index contributed by atoms with van der Waals surface area (Å²) in [5, 5.41) is 13.1. The Morgan fingerprint density at radius 2 is 2.00 bits per heavy atom. The molecule has 3 rings (SSSR count). The molecule has 1 N–H and O–H groups in total. The van der Waals surface area contributed by atoms with Gasteiger partial charge < -0.3 is 14.4 Å². The molecule has 2 aromatic rings. The molecular weight excluding hydrogens is 322 g/mol. The number of aromatic nitrogens is 2. The van der Waals surface area contributed by atoms with Crippen LogP contribution in [0.15, 0.2) is 22.9 Å². The molecule has 0 aliphatic carbocycles. The molecule has 2 aromatic heterocycles. The van der Waals surface area contributed by atoms with E-state index in [1.807, 2.05) is 13.0 Å². The summed E-state index contributed by atoms with van der Waals surface area (Å²) >= 11 is 0. The zero-order valence-electron chi connectivity index (χ0n) is 14.6. The summed E-state index contributed by atoms with van der Waals surface area (Å²) in [5.41, 5.74) is 1.28. The largest absolute Gasteiger partial charge is 0.478 e. The number of nitrogens with zero attached hydrogens (tertiary/aromatic N) is 3. The highest BCUT2D eigenvalue weighted by molar-refractivity contribution is 5.92. The fourth-order valence-electron chi connectivity index (χ4n) is 3.31. The molecule has 7 heteroatoms. The Morgan fingerprint density at radius 1 is 1.28 bits per heavy atom. The third-order valence-electron chi connectivity index (χ3n) is 4.78. The number of carboxylic acid groups (broad SMARTS) is 1. The van der Waals surface area contributed by atoms with Crippen LogP contribution in [0.2, 0.25) is 0 Å². The number of rotatable bonds is 5. The van der Waals surface area contributed by atoms with E-state index in [0.29, 0.717) is 18.8 Å². The molecule has 0 unspecified atom stereocenters. The Bertz CT molecular complexity index is 748. The van der Waals surface area contributed by atoms with Crippen LogP contribution >= 0.6 is 0 Å². The molecule has 25 heavy (non-hydrogen) atoms. The molecule has 7 nitrogen and oxygen atoms in total. The van der Waals surface area contributed by atoms with E-state index in [9.17, 15) is 9.59 Å². The van der Waals surface area contributed by atoms with Crippen LogP contribution in [-0.4, -0.2) is 44.8 Å². The van der Waals surface area contributed by atoms with Crippen LogP contribution in [0.4, 0.5) is 0 Å². The van der Waals surface area contributed by atoms with Crippen molar-refractivity contribution in [2.75, 3.05) is 13.1 Å². The van der Waals surface area contributed by atoms with Crippen molar-refractivity contribution in [3.8, 4) is 0 Å². The SMILES string of the molecule is CCc1cc(C(=O)N2CCC(n3cc(C(=O)O)cn3)CC2)oc1CC. The fraction of sp³-hybridized carbons (Fsp3) is 0.500. The van der Waals surface area contributed by atoms with Crippen molar-refractivity contribution in [3.05, 3.63) is 41.1 Å². The van der Waals surface area contributed by atoms with Gasteiger partial charge in [0, 0.05) is 25.7 Å². The molecule has 0 spiro atoms. The second kappa shape index (κ2) is 7.13. The van der Waals surface area contributed by atoms with Gasteiger partial charge in [-0.1, -0.05) is 13.8 Å². The molecule has 0 bridgehead atoms. The molecular formula is C18H23N3O4. The molecule has 0 radical (unpaired) electrons. The van der Waals surface area contributed by atoms with E-state index in [1.54, 1.807) is 15.8 Å². The molecule has 0 aromatic carbocycles. The van der Waals surface area contributed by atoms with E-state index >= 15 is 0 Å². The molecule has 0 atom stereocenters. The number of aromatic carboxylic acids is 1. The Morgan fingerprint density at radius 3 is 2.52 bits per heavy atom. The predicted molar refractivity (Wildman–Crippen MR) is 90.8 cm³/mol. The summed E-state index contributed by atoms with van der Waals surface area (Å²) in [6, 6.07) is 1.98. The van der Waals surface area contributed by atoms with E-state index < -0.39 is 5.97 Å². The second-order valence-corrected chi connectivity index (χ2v) is 6.30. The van der Waals surface area contributed by atoms with Crippen molar-refractivity contribution >= 4 is 11.9 Å². The maximum absolute atomic E-state index is 12.7. The normalized spacial score (nSPS) is 15.5. The molecule has 1 fully saturated rings. The van der Waals surface area contributed by atoms with Crippen molar-refractivity contribution in [2.24, 2.45) is 0 Å². The first-order valence-corrected chi connectivity index (χ1v) is 8.71. The lowest BCUT2D eigenvalue weighted by atomic mass is 10.0. The van der Waals surface area contributed by atoms with E-state index in [0.717, 1.165) is 37.0 Å². The van der Waals surface area contributed by atoms with Gasteiger partial charge in [0.25, 0.3) is 5.91 Å². The highest BCUT2D eigenvalue weighted by Crippen LogP contribution is 2.25. The summed E-state index contributed by atoms with van der Waals surface area (Å²) in [5.74, 6) is 0.257. The standard InChI is InChI=1S/C18H23N3O4/c1-3-12-9-16(25-15(12)4-2)17(22)20-7-5-14(6-8-20)21-11-13(10-19-21)18(23)24/h9-11,14H,3-8H2,1-2H3,(H,23,24). The van der Waals surface area contributed by atoms with Crippen LogP contribution in [0.3, 0.4) is 0 Å². The lowest BCUT2D eigenvalue weighted by Crippen LogP contribution is -2.39. The van der Waals surface area contributed by atoms with Gasteiger partial charge in [-0.3, -0.25) is 9.48 Å². The number of piperidine rings is 1. The van der Waals surface area contributed by atoms with Crippen molar-refractivity contribution in [3.63, 3.8) is 0 Å². The Balaban J connectivity index is 1.64. The lowest BCUT2D eigenvalue weighted by molar-refractivity contribution is 0.0656. The van der Waals surface area contributed by atoms with Crippen molar-refractivity contribution in [1.82, 2.24) is 14.7 Å². The van der Waals surface area contributed by atoms with Crippen molar-refractivity contribution in [2.45, 2.75) is 45.6 Å². The smallest absolute Gasteiger partial charge is 0.338 e. The molecule has 134 valence electrons. The van der Waals surface area contributed by atoms with Gasteiger partial charge in [-0.15, -0.1) is 0 Å². The monoisotopic (exact) mass is 345 g/mol. The minimum absolute atomic E-state index is 0.0699. The van der Waals surface area contributed by atoms with Crippen molar-refractivity contribution < 1.29 is 19.1 Å². The molecule has 1 aliphatic heterocycles. The first kappa shape index (κ1) is 17.3. The average Bonchev–Trinajstić information content (AvgIpc) is 3.28. The fourth-order valence-corrected chi connectivity index (χ4v) is 3.31. The van der Waals surface area contributed by atoms with Gasteiger partial charge in [0.05, 0.1) is 17.8 Å². The Kier molecular flexibility index (Phi) is 4.92. The minimum Gasteiger partial charge on any atom is -0.478 e. The van der Waals surface area contributed by atoms with Gasteiger partial charge in [0.1, 0.15) is 5.76 Å². The van der Waals surface area contributed by atoms with Crippen LogP contribution in [0.5, 0.6) is 0 Å². The summed E-state index contributed by atoms with van der Waals surface area (Å²) < 4.78 is 7.43. The number of aryl methyl sites for hydroxylation is 2. The van der Waals surface area contributed by atoms with Gasteiger partial charge in [-0.05, 0) is 30.9 Å². The van der Waals surface area contributed by atoms with Gasteiger partial charge in [0.2, 0.25) is 0 Å². The zero-order chi connectivity index (χ0) is 18.0. The van der Waals surface area contributed by atoms with Gasteiger partial charge in [-0.2, -0.15) is 5.10 Å². The summed E-state index contributed by atoms with van der Waals surface area (Å²) in [7, 11) is 0. The Labute approximate surface area is 146 Å². The lowest BCUT2D eigenvalue weighted by Gasteiger charge is -2.31. The quantitative estimate of drug-likeness (QED) is 0.900. The predicted octanol–water partition coefficient (Wildman–Crippen LogP) is 2.78. The van der Waals surface area contributed by atoms with E-state index in [1.165, 1.54) is 6.20 Å². The van der Waals surface area contributed by atoms with Crippen LogP contribution in [0.1, 0.15) is 65.0 Å². The number of carbonyl (C=O) groups excluding carboxylic acids is 1. The number of carbonyl (C=O) groups is 2. The summed E-state index contributed by atoms with van der Waals surface area (Å²) in [4.78, 5) is 25.4. The number of hydrogen-bond acceptors (Lipinski definition) is 4. The first-order valence-electron chi connectivity index (χ1n) is 8.71. The van der Waals surface area contributed by atoms with Crippen LogP contribution in [0.25, 0.3) is 0 Å². The molecule has 1 saturated heterocycles. The number of hydrogen-bond donors (Lipinski definition) is 1. The number of likely N-dealkylation sites (tertiary alicyclic amines) is 1. The van der Waals surface area contributed by atoms with E-state index in [-0.39, 0.29) is 17.5 Å². The molecule has 1 aliphatic rings. The molecule has 0 saturated carbocycles. The molecule has 3 heterocycles. The highest BCUT2D eigenvalue weighted by Gasteiger charge is 2.27. The van der Waals surface area contributed by atoms with E-state index in [4.69, 9.17) is 9.52 Å². The number of carboxylic acids is 1.